The van der Waals surface area contributed by atoms with Gasteiger partial charge in [0.25, 0.3) is 5.95 Å². The summed E-state index contributed by atoms with van der Waals surface area (Å²) in [5.74, 6) is 0.849. The van der Waals surface area contributed by atoms with Crippen molar-refractivity contribution < 1.29 is 0 Å². The fourth-order valence-electron chi connectivity index (χ4n) is 1.09. The minimum absolute atomic E-state index is 0.145. The lowest BCUT2D eigenvalue weighted by molar-refractivity contribution is 0.795. The fourth-order valence-corrected chi connectivity index (χ4v) is 1.63. The van der Waals surface area contributed by atoms with Crippen LogP contribution < -0.4 is 5.32 Å². The topological polar surface area (TPSA) is 68.5 Å². The van der Waals surface area contributed by atoms with Crippen molar-refractivity contribution in [1.29, 1.82) is 0 Å². The van der Waals surface area contributed by atoms with Crippen LogP contribution in [0.5, 0.6) is 0 Å². The van der Waals surface area contributed by atoms with E-state index in [0.29, 0.717) is 11.9 Å². The summed E-state index contributed by atoms with van der Waals surface area (Å²) in [6.07, 6.45) is 3.52. The molecule has 84 valence electrons. The number of nitrogens with zero attached hydrogens (tertiary/aromatic N) is 5. The van der Waals surface area contributed by atoms with Crippen LogP contribution in [0.2, 0.25) is 5.28 Å². The standard InChI is InChI=1S/C8H8ClIN6/c1-2-11-7-13-6(9)14-8(15-7)16-4-5(10)3-12-16/h3-4H,2H2,1H3,(H,11,13,14,15). The van der Waals surface area contributed by atoms with Gasteiger partial charge in [-0.2, -0.15) is 20.1 Å². The smallest absolute Gasteiger partial charge is 0.256 e. The Balaban J connectivity index is 2.40. The third kappa shape index (κ3) is 2.59. The van der Waals surface area contributed by atoms with Gasteiger partial charge < -0.3 is 5.32 Å². The monoisotopic (exact) mass is 350 g/mol. The summed E-state index contributed by atoms with van der Waals surface area (Å²) in [6, 6.07) is 0. The van der Waals surface area contributed by atoms with Crippen molar-refractivity contribution >= 4 is 40.1 Å². The maximum absolute atomic E-state index is 5.80. The third-order valence-electron chi connectivity index (χ3n) is 1.69. The second kappa shape index (κ2) is 4.91. The van der Waals surface area contributed by atoms with E-state index in [9.17, 15) is 0 Å². The van der Waals surface area contributed by atoms with Crippen molar-refractivity contribution in [1.82, 2.24) is 24.7 Å². The lowest BCUT2D eigenvalue weighted by atomic mass is 10.7. The molecule has 0 aliphatic carbocycles. The molecule has 0 unspecified atom stereocenters. The lowest BCUT2D eigenvalue weighted by Gasteiger charge is -2.04. The quantitative estimate of drug-likeness (QED) is 0.854. The summed E-state index contributed by atoms with van der Waals surface area (Å²) in [7, 11) is 0. The highest BCUT2D eigenvalue weighted by molar-refractivity contribution is 14.1. The van der Waals surface area contributed by atoms with Gasteiger partial charge in [0.1, 0.15) is 0 Å². The average molecular weight is 351 g/mol. The van der Waals surface area contributed by atoms with Crippen molar-refractivity contribution in [2.75, 3.05) is 11.9 Å². The van der Waals surface area contributed by atoms with Crippen molar-refractivity contribution in [3.63, 3.8) is 0 Å². The number of anilines is 1. The highest BCUT2D eigenvalue weighted by Gasteiger charge is 2.07. The van der Waals surface area contributed by atoms with Gasteiger partial charge in [0.15, 0.2) is 0 Å². The van der Waals surface area contributed by atoms with E-state index in [1.54, 1.807) is 10.9 Å². The molecule has 0 atom stereocenters. The van der Waals surface area contributed by atoms with E-state index in [4.69, 9.17) is 11.6 Å². The summed E-state index contributed by atoms with van der Waals surface area (Å²) < 4.78 is 2.55. The molecule has 1 N–H and O–H groups in total. The predicted octanol–water partition coefficient (Wildman–Crippen LogP) is 1.75. The molecule has 0 aliphatic heterocycles. The zero-order valence-electron chi connectivity index (χ0n) is 8.35. The van der Waals surface area contributed by atoms with E-state index in [1.165, 1.54) is 0 Å². The van der Waals surface area contributed by atoms with E-state index in [-0.39, 0.29) is 5.28 Å². The summed E-state index contributed by atoms with van der Waals surface area (Å²) in [5, 5.41) is 7.22. The molecule has 0 aliphatic rings. The predicted molar refractivity (Wildman–Crippen MR) is 68.8 cm³/mol. The molecule has 0 amide bonds. The molecule has 16 heavy (non-hydrogen) atoms. The molecular weight excluding hydrogens is 342 g/mol. The Bertz CT molecular complexity index is 499. The molecule has 0 saturated carbocycles. The Morgan fingerprint density at radius 1 is 1.44 bits per heavy atom. The highest BCUT2D eigenvalue weighted by atomic mass is 127. The molecule has 0 bridgehead atoms. The number of aromatic nitrogens is 5. The van der Waals surface area contributed by atoms with Crippen molar-refractivity contribution in [2.45, 2.75) is 6.92 Å². The molecule has 0 spiro atoms. The fraction of sp³-hybridized carbons (Fsp3) is 0.250. The van der Waals surface area contributed by atoms with Crippen LogP contribution in [0.25, 0.3) is 5.95 Å². The Morgan fingerprint density at radius 2 is 2.25 bits per heavy atom. The normalized spacial score (nSPS) is 10.4. The van der Waals surface area contributed by atoms with E-state index in [1.807, 2.05) is 13.1 Å². The Hall–Kier alpha value is -0.960. The van der Waals surface area contributed by atoms with Crippen LogP contribution >= 0.6 is 34.2 Å². The van der Waals surface area contributed by atoms with Crippen LogP contribution in [0.3, 0.4) is 0 Å². The van der Waals surface area contributed by atoms with Gasteiger partial charge in [-0.25, -0.2) is 4.68 Å². The summed E-state index contributed by atoms with van der Waals surface area (Å²) in [4.78, 5) is 12.1. The van der Waals surface area contributed by atoms with Crippen LogP contribution in [-0.4, -0.2) is 31.3 Å². The van der Waals surface area contributed by atoms with Gasteiger partial charge in [-0.1, -0.05) is 0 Å². The first-order valence-electron chi connectivity index (χ1n) is 4.55. The molecule has 6 nitrogen and oxygen atoms in total. The molecule has 0 saturated heterocycles. The van der Waals surface area contributed by atoms with Gasteiger partial charge >= 0.3 is 0 Å². The van der Waals surface area contributed by atoms with Crippen LogP contribution in [-0.2, 0) is 0 Å². The zero-order valence-corrected chi connectivity index (χ0v) is 11.3. The number of rotatable bonds is 3. The molecule has 0 aromatic carbocycles. The molecule has 2 aromatic heterocycles. The maximum Gasteiger partial charge on any atom is 0.256 e. The SMILES string of the molecule is CCNc1nc(Cl)nc(-n2cc(I)cn2)n1. The average Bonchev–Trinajstić information content (AvgIpc) is 2.64. The van der Waals surface area contributed by atoms with Crippen LogP contribution in [0.4, 0.5) is 5.95 Å². The van der Waals surface area contributed by atoms with Gasteiger partial charge in [0.2, 0.25) is 11.2 Å². The largest absolute Gasteiger partial charge is 0.354 e. The number of nitrogens with one attached hydrogen (secondary N) is 1. The molecule has 2 aromatic rings. The van der Waals surface area contributed by atoms with Gasteiger partial charge in [-0.3, -0.25) is 0 Å². The van der Waals surface area contributed by atoms with Gasteiger partial charge in [-0.15, -0.1) is 0 Å². The highest BCUT2D eigenvalue weighted by Crippen LogP contribution is 2.10. The first kappa shape index (κ1) is 11.5. The van der Waals surface area contributed by atoms with Crippen molar-refractivity contribution in [3.8, 4) is 5.95 Å². The Kier molecular flexibility index (Phi) is 3.54. The molecular formula is C8H8ClIN6. The molecule has 2 rings (SSSR count). The van der Waals surface area contributed by atoms with Crippen molar-refractivity contribution in [3.05, 3.63) is 21.2 Å². The van der Waals surface area contributed by atoms with E-state index in [2.05, 4.69) is 48.0 Å². The van der Waals surface area contributed by atoms with E-state index < -0.39 is 0 Å². The third-order valence-corrected chi connectivity index (χ3v) is 2.41. The maximum atomic E-state index is 5.80. The molecule has 8 heteroatoms. The van der Waals surface area contributed by atoms with Crippen molar-refractivity contribution in [2.24, 2.45) is 0 Å². The number of hydrogen-bond acceptors (Lipinski definition) is 5. The minimum atomic E-state index is 0.145. The van der Waals surface area contributed by atoms with E-state index >= 15 is 0 Å². The Labute approximate surface area is 111 Å². The molecule has 0 radical (unpaired) electrons. The first-order chi connectivity index (χ1) is 7.69. The lowest BCUT2D eigenvalue weighted by Crippen LogP contribution is -2.08. The second-order valence-corrected chi connectivity index (χ2v) is 4.45. The summed E-state index contributed by atoms with van der Waals surface area (Å²) in [5.41, 5.74) is 0. The van der Waals surface area contributed by atoms with Gasteiger partial charge in [0.05, 0.1) is 9.77 Å². The second-order valence-electron chi connectivity index (χ2n) is 2.86. The van der Waals surface area contributed by atoms with Crippen LogP contribution in [0.15, 0.2) is 12.4 Å². The summed E-state index contributed by atoms with van der Waals surface area (Å²) >= 11 is 7.96. The van der Waals surface area contributed by atoms with Gasteiger partial charge in [0, 0.05) is 12.7 Å². The minimum Gasteiger partial charge on any atom is -0.354 e. The Morgan fingerprint density at radius 3 is 2.88 bits per heavy atom. The first-order valence-corrected chi connectivity index (χ1v) is 6.00. The van der Waals surface area contributed by atoms with Gasteiger partial charge in [-0.05, 0) is 41.1 Å². The van der Waals surface area contributed by atoms with E-state index in [0.717, 1.165) is 10.1 Å². The van der Waals surface area contributed by atoms with Crippen LogP contribution in [0, 0.1) is 3.57 Å². The van der Waals surface area contributed by atoms with Crippen LogP contribution in [0.1, 0.15) is 6.92 Å². The number of halogens is 2. The number of hydrogen-bond donors (Lipinski definition) is 1. The molecule has 2 heterocycles. The zero-order chi connectivity index (χ0) is 11.5. The molecule has 0 fully saturated rings. The summed E-state index contributed by atoms with van der Waals surface area (Å²) in [6.45, 7) is 2.67.